The minimum Gasteiger partial charge on any atom is -0.477 e. The average Bonchev–Trinajstić information content (AvgIpc) is 2.90. The fourth-order valence-corrected chi connectivity index (χ4v) is 1.35. The predicted molar refractivity (Wildman–Crippen MR) is 65.8 cm³/mol. The number of anilines is 1. The first-order valence-electron chi connectivity index (χ1n) is 5.40. The Bertz CT molecular complexity index is 563. The Morgan fingerprint density at radius 1 is 1.32 bits per heavy atom. The summed E-state index contributed by atoms with van der Waals surface area (Å²) in [4.78, 5) is 25.8. The zero-order valence-corrected chi connectivity index (χ0v) is 9.79. The molecular weight excluding hydrogens is 250 g/mol. The molecule has 2 heterocycles. The molecular formula is C12H11N3O4. The van der Waals surface area contributed by atoms with Gasteiger partial charge in [0.25, 0.3) is 0 Å². The maximum atomic E-state index is 11.5. The Labute approximate surface area is 108 Å². The lowest BCUT2D eigenvalue weighted by Crippen LogP contribution is -2.28. The Morgan fingerprint density at radius 3 is 2.74 bits per heavy atom. The van der Waals surface area contributed by atoms with Crippen molar-refractivity contribution in [2.75, 3.05) is 5.32 Å². The molecule has 0 atom stereocenters. The van der Waals surface area contributed by atoms with Gasteiger partial charge in [0, 0.05) is 12.1 Å². The van der Waals surface area contributed by atoms with Crippen LogP contribution in [0.4, 0.5) is 10.5 Å². The highest BCUT2D eigenvalue weighted by Crippen LogP contribution is 2.06. The van der Waals surface area contributed by atoms with Crippen molar-refractivity contribution in [2.45, 2.75) is 6.54 Å². The van der Waals surface area contributed by atoms with Gasteiger partial charge in [-0.1, -0.05) is 0 Å². The summed E-state index contributed by atoms with van der Waals surface area (Å²) < 4.78 is 4.86. The monoisotopic (exact) mass is 261 g/mol. The van der Waals surface area contributed by atoms with Crippen LogP contribution in [-0.4, -0.2) is 22.1 Å². The fraction of sp³-hybridized carbons (Fsp3) is 0.0833. The highest BCUT2D eigenvalue weighted by atomic mass is 16.4. The lowest BCUT2D eigenvalue weighted by molar-refractivity contribution is 0.0690. The first kappa shape index (κ1) is 12.6. The summed E-state index contributed by atoms with van der Waals surface area (Å²) in [6.07, 6.45) is 4.33. The third kappa shape index (κ3) is 3.56. The number of nitrogens with zero attached hydrogens (tertiary/aromatic N) is 1. The molecule has 98 valence electrons. The standard InChI is InChI=1S/C12H11N3O4/c16-11(17)10-2-1-9(6-13-10)15-12(18)14-5-8-3-4-19-7-8/h1-4,6-7H,5H2,(H,16,17)(H2,14,15,18). The van der Waals surface area contributed by atoms with E-state index in [2.05, 4.69) is 15.6 Å². The molecule has 2 amide bonds. The van der Waals surface area contributed by atoms with Gasteiger partial charge in [-0.25, -0.2) is 14.6 Å². The number of carbonyl (C=O) groups is 2. The number of hydrogen-bond donors (Lipinski definition) is 3. The van der Waals surface area contributed by atoms with E-state index in [4.69, 9.17) is 9.52 Å². The second-order valence-electron chi connectivity index (χ2n) is 3.68. The molecule has 7 nitrogen and oxygen atoms in total. The van der Waals surface area contributed by atoms with Crippen molar-refractivity contribution in [3.63, 3.8) is 0 Å². The molecule has 0 unspecified atom stereocenters. The second kappa shape index (κ2) is 5.67. The molecule has 7 heteroatoms. The van der Waals surface area contributed by atoms with Crippen LogP contribution in [0, 0.1) is 0 Å². The van der Waals surface area contributed by atoms with Gasteiger partial charge >= 0.3 is 12.0 Å². The van der Waals surface area contributed by atoms with Crippen molar-refractivity contribution in [3.8, 4) is 0 Å². The van der Waals surface area contributed by atoms with Gasteiger partial charge in [-0.2, -0.15) is 0 Å². The molecule has 2 aromatic heterocycles. The van der Waals surface area contributed by atoms with Crippen molar-refractivity contribution in [1.29, 1.82) is 0 Å². The molecule has 0 fully saturated rings. The van der Waals surface area contributed by atoms with Gasteiger partial charge in [0.1, 0.15) is 5.69 Å². The van der Waals surface area contributed by atoms with Crippen LogP contribution in [0.15, 0.2) is 41.3 Å². The molecule has 0 aliphatic heterocycles. The van der Waals surface area contributed by atoms with E-state index in [-0.39, 0.29) is 5.69 Å². The maximum Gasteiger partial charge on any atom is 0.354 e. The van der Waals surface area contributed by atoms with Gasteiger partial charge in [0.05, 0.1) is 24.4 Å². The van der Waals surface area contributed by atoms with Crippen molar-refractivity contribution in [2.24, 2.45) is 0 Å². The zero-order chi connectivity index (χ0) is 13.7. The van der Waals surface area contributed by atoms with Crippen LogP contribution in [0.5, 0.6) is 0 Å². The number of amides is 2. The number of carboxylic acid groups (broad SMARTS) is 1. The number of aromatic nitrogens is 1. The molecule has 2 rings (SSSR count). The summed E-state index contributed by atoms with van der Waals surface area (Å²) >= 11 is 0. The van der Waals surface area contributed by atoms with E-state index >= 15 is 0 Å². The first-order chi connectivity index (χ1) is 9.15. The molecule has 0 bridgehead atoms. The van der Waals surface area contributed by atoms with E-state index in [0.717, 1.165) is 5.56 Å². The van der Waals surface area contributed by atoms with E-state index in [0.29, 0.717) is 12.2 Å². The SMILES string of the molecule is O=C(NCc1ccoc1)Nc1ccc(C(=O)O)nc1. The van der Waals surface area contributed by atoms with E-state index in [1.54, 1.807) is 6.07 Å². The number of pyridine rings is 1. The van der Waals surface area contributed by atoms with E-state index in [1.807, 2.05) is 0 Å². The Kier molecular flexibility index (Phi) is 3.77. The predicted octanol–water partition coefficient (Wildman–Crippen LogP) is 1.69. The van der Waals surface area contributed by atoms with Crippen LogP contribution in [0.1, 0.15) is 16.1 Å². The van der Waals surface area contributed by atoms with Crippen molar-refractivity contribution >= 4 is 17.7 Å². The zero-order valence-electron chi connectivity index (χ0n) is 9.79. The Hall–Kier alpha value is -2.83. The van der Waals surface area contributed by atoms with Crippen molar-refractivity contribution < 1.29 is 19.1 Å². The normalized spacial score (nSPS) is 9.89. The number of urea groups is 1. The molecule has 19 heavy (non-hydrogen) atoms. The van der Waals surface area contributed by atoms with Gasteiger partial charge in [-0.05, 0) is 18.2 Å². The topological polar surface area (TPSA) is 104 Å². The first-order valence-corrected chi connectivity index (χ1v) is 5.40. The summed E-state index contributed by atoms with van der Waals surface area (Å²) in [5.74, 6) is -1.11. The molecule has 2 aromatic rings. The number of furan rings is 1. The van der Waals surface area contributed by atoms with Gasteiger partial charge in [0.15, 0.2) is 0 Å². The van der Waals surface area contributed by atoms with Crippen LogP contribution in [-0.2, 0) is 6.54 Å². The molecule has 0 spiro atoms. The lowest BCUT2D eigenvalue weighted by Gasteiger charge is -2.06. The van der Waals surface area contributed by atoms with Gasteiger partial charge in [-0.15, -0.1) is 0 Å². The fourth-order valence-electron chi connectivity index (χ4n) is 1.35. The molecule has 3 N–H and O–H groups in total. The van der Waals surface area contributed by atoms with E-state index in [1.165, 1.54) is 30.9 Å². The smallest absolute Gasteiger partial charge is 0.354 e. The minimum atomic E-state index is -1.11. The summed E-state index contributed by atoms with van der Waals surface area (Å²) in [6, 6.07) is 4.11. The molecule has 0 aliphatic rings. The second-order valence-corrected chi connectivity index (χ2v) is 3.68. The van der Waals surface area contributed by atoms with Crippen molar-refractivity contribution in [1.82, 2.24) is 10.3 Å². The third-order valence-corrected chi connectivity index (χ3v) is 2.27. The summed E-state index contributed by atoms with van der Waals surface area (Å²) in [7, 11) is 0. The van der Waals surface area contributed by atoms with Crippen LogP contribution in [0.3, 0.4) is 0 Å². The van der Waals surface area contributed by atoms with Gasteiger partial charge in [0.2, 0.25) is 0 Å². The summed E-state index contributed by atoms with van der Waals surface area (Å²) in [6.45, 7) is 0.336. The molecule has 0 saturated heterocycles. The third-order valence-electron chi connectivity index (χ3n) is 2.27. The Balaban J connectivity index is 1.86. The average molecular weight is 261 g/mol. The molecule has 0 aromatic carbocycles. The van der Waals surface area contributed by atoms with E-state index < -0.39 is 12.0 Å². The summed E-state index contributed by atoms with van der Waals surface area (Å²) in [5, 5.41) is 13.8. The number of carbonyl (C=O) groups excluding carboxylic acids is 1. The number of aromatic carboxylic acids is 1. The number of hydrogen-bond acceptors (Lipinski definition) is 4. The van der Waals surface area contributed by atoms with Crippen LogP contribution >= 0.6 is 0 Å². The lowest BCUT2D eigenvalue weighted by atomic mass is 10.3. The van der Waals surface area contributed by atoms with Crippen LogP contribution in [0.2, 0.25) is 0 Å². The number of carboxylic acids is 1. The van der Waals surface area contributed by atoms with Crippen LogP contribution < -0.4 is 10.6 Å². The largest absolute Gasteiger partial charge is 0.477 e. The van der Waals surface area contributed by atoms with Crippen LogP contribution in [0.25, 0.3) is 0 Å². The number of rotatable bonds is 4. The van der Waals surface area contributed by atoms with Gasteiger partial charge < -0.3 is 20.2 Å². The number of nitrogens with one attached hydrogen (secondary N) is 2. The molecule has 0 aliphatic carbocycles. The Morgan fingerprint density at radius 2 is 2.16 bits per heavy atom. The van der Waals surface area contributed by atoms with Gasteiger partial charge in [-0.3, -0.25) is 0 Å². The quantitative estimate of drug-likeness (QED) is 0.776. The minimum absolute atomic E-state index is 0.0793. The van der Waals surface area contributed by atoms with E-state index in [9.17, 15) is 9.59 Å². The molecule has 0 saturated carbocycles. The highest BCUT2D eigenvalue weighted by Gasteiger charge is 2.06. The molecule has 0 radical (unpaired) electrons. The highest BCUT2D eigenvalue weighted by molar-refractivity contribution is 5.90. The summed E-state index contributed by atoms with van der Waals surface area (Å²) in [5.41, 5.74) is 1.17. The van der Waals surface area contributed by atoms with Crippen molar-refractivity contribution in [3.05, 3.63) is 48.2 Å². The maximum absolute atomic E-state index is 11.5.